The summed E-state index contributed by atoms with van der Waals surface area (Å²) in [6.45, 7) is 1.19. The largest absolute Gasteiger partial charge is 0.506 e. The van der Waals surface area contributed by atoms with Crippen molar-refractivity contribution in [2.24, 2.45) is 0 Å². The molecule has 0 bridgehead atoms. The molecule has 33 heavy (non-hydrogen) atoms. The molecule has 4 aromatic heterocycles. The third-order valence-electron chi connectivity index (χ3n) is 5.88. The third kappa shape index (κ3) is 3.77. The van der Waals surface area contributed by atoms with Crippen molar-refractivity contribution in [3.8, 4) is 17.1 Å². The molecule has 1 atom stereocenters. The molecule has 5 heterocycles. The van der Waals surface area contributed by atoms with E-state index in [2.05, 4.69) is 15.1 Å². The number of amides is 1. The van der Waals surface area contributed by atoms with Gasteiger partial charge in [-0.15, -0.1) is 0 Å². The average molecular weight is 458 g/mol. The highest BCUT2D eigenvalue weighted by Gasteiger charge is 2.28. The van der Waals surface area contributed by atoms with Crippen molar-refractivity contribution < 1.29 is 23.1 Å². The summed E-state index contributed by atoms with van der Waals surface area (Å²) in [6, 6.07) is 4.35. The van der Waals surface area contributed by atoms with Gasteiger partial charge >= 0.3 is 0 Å². The summed E-state index contributed by atoms with van der Waals surface area (Å²) in [6.07, 6.45) is 2.02. The number of imidazole rings is 1. The summed E-state index contributed by atoms with van der Waals surface area (Å²) in [5.74, 6) is -0.356. The molecule has 11 heteroatoms. The molecule has 0 saturated carbocycles. The summed E-state index contributed by atoms with van der Waals surface area (Å²) >= 11 is 0. The molecule has 1 saturated heterocycles. The van der Waals surface area contributed by atoms with E-state index in [9.17, 15) is 23.1 Å². The molecule has 4 aromatic rings. The predicted molar refractivity (Wildman–Crippen MR) is 114 cm³/mol. The number of pyridine rings is 2. The van der Waals surface area contributed by atoms with E-state index in [1.807, 2.05) is 0 Å². The first-order valence-corrected chi connectivity index (χ1v) is 10.7. The second-order valence-corrected chi connectivity index (χ2v) is 8.05. The van der Waals surface area contributed by atoms with Gasteiger partial charge in [0.25, 0.3) is 18.6 Å². The number of carbonyl (C=O) groups excluding carboxylic acids is 1. The number of fused-ring (bicyclic) bond motifs is 2. The minimum Gasteiger partial charge on any atom is -0.506 e. The Hall–Kier alpha value is -3.63. The lowest BCUT2D eigenvalue weighted by atomic mass is 10.2. The molecule has 1 N–H and O–H groups in total. The molecule has 1 fully saturated rings. The molecule has 1 aliphatic rings. The van der Waals surface area contributed by atoms with Gasteiger partial charge < -0.3 is 10.0 Å². The van der Waals surface area contributed by atoms with Gasteiger partial charge in [-0.1, -0.05) is 12.8 Å². The monoisotopic (exact) mass is 458 g/mol. The number of hydrogen-bond acceptors (Lipinski definition) is 5. The van der Waals surface area contributed by atoms with Gasteiger partial charge in [-0.3, -0.25) is 14.2 Å². The van der Waals surface area contributed by atoms with Crippen molar-refractivity contribution >= 4 is 22.5 Å². The van der Waals surface area contributed by atoms with Crippen LogP contribution < -0.4 is 0 Å². The Balaban J connectivity index is 1.65. The molecule has 0 aromatic carbocycles. The zero-order valence-corrected chi connectivity index (χ0v) is 17.5. The van der Waals surface area contributed by atoms with Crippen LogP contribution in [0.1, 0.15) is 42.5 Å². The first-order valence-electron chi connectivity index (χ1n) is 10.7. The number of nitrogens with zero attached hydrogens (tertiary/aromatic N) is 6. The van der Waals surface area contributed by atoms with Crippen LogP contribution in [0.25, 0.3) is 27.9 Å². The van der Waals surface area contributed by atoms with E-state index in [1.165, 1.54) is 35.1 Å². The standard InChI is InChI=1S/C22H21F3N6O2/c23-20(24)21(25)31-16-9-15(22(33)29-7-3-1-2-4-8-29)26-10-14(16)19(28-31)17-11-27-18-6-5-13(32)12-30(17)18/h5-6,9-12,20-21,32H,1-4,7-8H2. The molecular formula is C22H21F3N6O2. The molecule has 0 radical (unpaired) electrons. The van der Waals surface area contributed by atoms with Gasteiger partial charge in [-0.05, 0) is 31.0 Å². The summed E-state index contributed by atoms with van der Waals surface area (Å²) < 4.78 is 43.3. The van der Waals surface area contributed by atoms with E-state index in [4.69, 9.17) is 0 Å². The quantitative estimate of drug-likeness (QED) is 0.495. The average Bonchev–Trinajstić information content (AvgIpc) is 3.27. The van der Waals surface area contributed by atoms with Crippen LogP contribution in [0, 0.1) is 0 Å². The van der Waals surface area contributed by atoms with Gasteiger partial charge in [0.2, 0.25) is 0 Å². The number of likely N-dealkylation sites (tertiary alicyclic amines) is 1. The Morgan fingerprint density at radius 2 is 1.79 bits per heavy atom. The number of carbonyl (C=O) groups is 1. The maximum Gasteiger partial charge on any atom is 0.289 e. The van der Waals surface area contributed by atoms with Gasteiger partial charge in [0.1, 0.15) is 22.8 Å². The van der Waals surface area contributed by atoms with E-state index >= 15 is 0 Å². The Bertz CT molecular complexity index is 1330. The maximum absolute atomic E-state index is 14.5. The van der Waals surface area contributed by atoms with Gasteiger partial charge in [-0.2, -0.15) is 5.10 Å². The summed E-state index contributed by atoms with van der Waals surface area (Å²) in [4.78, 5) is 23.2. The minimum atomic E-state index is -3.31. The fraction of sp³-hybridized carbons (Fsp3) is 0.364. The highest BCUT2D eigenvalue weighted by Crippen LogP contribution is 2.33. The lowest BCUT2D eigenvalue weighted by molar-refractivity contribution is 0.00356. The summed E-state index contributed by atoms with van der Waals surface area (Å²) in [7, 11) is 0. The number of aromatic hydroxyl groups is 1. The van der Waals surface area contributed by atoms with Crippen LogP contribution in [-0.4, -0.2) is 59.6 Å². The van der Waals surface area contributed by atoms with Crippen molar-refractivity contribution in [3.63, 3.8) is 0 Å². The third-order valence-corrected chi connectivity index (χ3v) is 5.88. The minimum absolute atomic E-state index is 0.0288. The second-order valence-electron chi connectivity index (χ2n) is 8.05. The van der Waals surface area contributed by atoms with Crippen LogP contribution in [0.3, 0.4) is 0 Å². The van der Waals surface area contributed by atoms with E-state index in [0.29, 0.717) is 29.1 Å². The molecule has 172 valence electrons. The number of aromatic nitrogens is 5. The molecular weight excluding hydrogens is 437 g/mol. The van der Waals surface area contributed by atoms with Crippen LogP contribution in [0.5, 0.6) is 5.75 Å². The van der Waals surface area contributed by atoms with Crippen LogP contribution in [0.4, 0.5) is 13.2 Å². The molecule has 0 spiro atoms. The Kier molecular flexibility index (Phi) is 5.39. The van der Waals surface area contributed by atoms with Crippen LogP contribution in [0.15, 0.2) is 36.8 Å². The molecule has 1 amide bonds. The molecule has 1 aliphatic heterocycles. The number of hydrogen-bond donors (Lipinski definition) is 1. The maximum atomic E-state index is 14.5. The fourth-order valence-electron chi connectivity index (χ4n) is 4.21. The normalized spacial score (nSPS) is 15.9. The molecule has 5 rings (SSSR count). The Morgan fingerprint density at radius 3 is 2.52 bits per heavy atom. The number of alkyl halides is 3. The second kappa shape index (κ2) is 8.38. The van der Waals surface area contributed by atoms with Crippen LogP contribution in [-0.2, 0) is 0 Å². The van der Waals surface area contributed by atoms with E-state index in [-0.39, 0.29) is 33.9 Å². The lowest BCUT2D eigenvalue weighted by Crippen LogP contribution is -2.32. The number of halogens is 3. The van der Waals surface area contributed by atoms with Gasteiger partial charge in [0, 0.05) is 24.7 Å². The van der Waals surface area contributed by atoms with Gasteiger partial charge in [0.15, 0.2) is 0 Å². The van der Waals surface area contributed by atoms with Crippen molar-refractivity contribution in [1.82, 2.24) is 29.0 Å². The first-order chi connectivity index (χ1) is 15.9. The lowest BCUT2D eigenvalue weighted by Gasteiger charge is -2.19. The fourth-order valence-corrected chi connectivity index (χ4v) is 4.21. The van der Waals surface area contributed by atoms with Crippen molar-refractivity contribution in [1.29, 1.82) is 0 Å². The van der Waals surface area contributed by atoms with E-state index in [1.54, 1.807) is 11.0 Å². The zero-order valence-electron chi connectivity index (χ0n) is 17.5. The van der Waals surface area contributed by atoms with E-state index < -0.39 is 12.7 Å². The Morgan fingerprint density at radius 1 is 1.03 bits per heavy atom. The topological polar surface area (TPSA) is 88.5 Å². The van der Waals surface area contributed by atoms with Crippen molar-refractivity contribution in [2.45, 2.75) is 38.4 Å². The van der Waals surface area contributed by atoms with Crippen LogP contribution in [0.2, 0.25) is 0 Å². The molecule has 1 unspecified atom stereocenters. The van der Waals surface area contributed by atoms with Gasteiger partial charge in [-0.25, -0.2) is 22.8 Å². The van der Waals surface area contributed by atoms with E-state index in [0.717, 1.165) is 25.7 Å². The first kappa shape index (κ1) is 21.2. The van der Waals surface area contributed by atoms with Crippen LogP contribution >= 0.6 is 0 Å². The summed E-state index contributed by atoms with van der Waals surface area (Å²) in [5, 5.41) is 14.3. The van der Waals surface area contributed by atoms with Crippen molar-refractivity contribution in [2.75, 3.05) is 13.1 Å². The highest BCUT2D eigenvalue weighted by atomic mass is 19.3. The number of rotatable bonds is 4. The molecule has 8 nitrogen and oxygen atoms in total. The van der Waals surface area contributed by atoms with Crippen molar-refractivity contribution in [3.05, 3.63) is 42.5 Å². The SMILES string of the molecule is O=C(c1cc2c(cn1)c(-c1cnc3ccc(O)cn13)nn2C(F)C(F)F)N1CCCCCC1. The Labute approximate surface area is 186 Å². The summed E-state index contributed by atoms with van der Waals surface area (Å²) in [5.41, 5.74) is 1.08. The smallest absolute Gasteiger partial charge is 0.289 e. The van der Waals surface area contributed by atoms with Gasteiger partial charge in [0.05, 0.1) is 23.6 Å². The molecule has 0 aliphatic carbocycles. The predicted octanol–water partition coefficient (Wildman–Crippen LogP) is 4.20. The highest BCUT2D eigenvalue weighted by molar-refractivity contribution is 5.99. The zero-order chi connectivity index (χ0) is 23.1.